The van der Waals surface area contributed by atoms with Crippen molar-refractivity contribution in [3.05, 3.63) is 29.3 Å². The van der Waals surface area contributed by atoms with Crippen LogP contribution >= 0.6 is 12.4 Å². The molecule has 2 fully saturated rings. The Labute approximate surface area is 155 Å². The molecule has 0 bridgehead atoms. The fraction of sp³-hybridized carbons (Fsp3) is 0.529. The van der Waals surface area contributed by atoms with Gasteiger partial charge in [0.05, 0.1) is 5.56 Å². The van der Waals surface area contributed by atoms with E-state index in [-0.39, 0.29) is 35.6 Å². The molecule has 1 aromatic rings. The number of halogens is 4. The van der Waals surface area contributed by atoms with E-state index >= 15 is 0 Å². The van der Waals surface area contributed by atoms with Crippen molar-refractivity contribution >= 4 is 29.9 Å². The van der Waals surface area contributed by atoms with Gasteiger partial charge in [0.1, 0.15) is 0 Å². The molecule has 1 heterocycles. The van der Waals surface area contributed by atoms with Gasteiger partial charge in [-0.05, 0) is 42.9 Å². The number of anilines is 1. The number of rotatable bonds is 2. The number of fused-ring (bicyclic) bond motifs is 1. The van der Waals surface area contributed by atoms with Gasteiger partial charge in [0, 0.05) is 37.3 Å². The molecule has 2 aliphatic rings. The van der Waals surface area contributed by atoms with Gasteiger partial charge >= 0.3 is 6.18 Å². The van der Waals surface area contributed by atoms with Gasteiger partial charge in [0.15, 0.2) is 0 Å². The van der Waals surface area contributed by atoms with Crippen molar-refractivity contribution in [1.29, 1.82) is 0 Å². The maximum atomic E-state index is 13.1. The molecule has 5 nitrogen and oxygen atoms in total. The summed E-state index contributed by atoms with van der Waals surface area (Å²) in [4.78, 5) is 25.5. The van der Waals surface area contributed by atoms with Crippen LogP contribution in [0.2, 0.25) is 0 Å². The molecule has 26 heavy (non-hydrogen) atoms. The average Bonchev–Trinajstić information content (AvgIpc) is 3.07. The smallest absolute Gasteiger partial charge is 0.338 e. The number of carbonyl (C=O) groups excluding carboxylic acids is 2. The molecule has 3 atom stereocenters. The lowest BCUT2D eigenvalue weighted by Crippen LogP contribution is -2.33. The second kappa shape index (κ2) is 7.44. The number of carbonyl (C=O) groups is 2. The van der Waals surface area contributed by atoms with Crippen LogP contribution in [-0.4, -0.2) is 35.8 Å². The second-order valence-corrected chi connectivity index (χ2v) is 6.85. The van der Waals surface area contributed by atoms with Gasteiger partial charge in [-0.2, -0.15) is 13.2 Å². The number of likely N-dealkylation sites (tertiary alicyclic amines) is 1. The number of benzene rings is 1. The zero-order valence-corrected chi connectivity index (χ0v) is 15.0. The molecule has 3 unspecified atom stereocenters. The van der Waals surface area contributed by atoms with Crippen LogP contribution in [0, 0.1) is 11.8 Å². The topological polar surface area (TPSA) is 75.4 Å². The van der Waals surface area contributed by atoms with Gasteiger partial charge < -0.3 is 16.0 Å². The van der Waals surface area contributed by atoms with E-state index in [0.717, 1.165) is 25.0 Å². The Balaban J connectivity index is 0.00000243. The lowest BCUT2D eigenvalue weighted by molar-refractivity contribution is -0.137. The fourth-order valence-electron chi connectivity index (χ4n) is 3.85. The molecule has 1 aliphatic heterocycles. The number of alkyl halides is 3. The summed E-state index contributed by atoms with van der Waals surface area (Å²) in [5, 5.41) is 2.32. The van der Waals surface area contributed by atoms with Crippen molar-refractivity contribution < 1.29 is 22.8 Å². The highest BCUT2D eigenvalue weighted by Crippen LogP contribution is 2.38. The van der Waals surface area contributed by atoms with Gasteiger partial charge in [-0.3, -0.25) is 9.59 Å². The number of amides is 2. The summed E-state index contributed by atoms with van der Waals surface area (Å²) >= 11 is 0. The molecule has 1 aliphatic carbocycles. The van der Waals surface area contributed by atoms with Crippen molar-refractivity contribution in [2.75, 3.05) is 18.4 Å². The third-order valence-electron chi connectivity index (χ3n) is 5.03. The first-order valence-corrected chi connectivity index (χ1v) is 8.20. The van der Waals surface area contributed by atoms with E-state index < -0.39 is 23.6 Å². The van der Waals surface area contributed by atoms with Crippen LogP contribution in [0.4, 0.5) is 18.9 Å². The van der Waals surface area contributed by atoms with E-state index in [9.17, 15) is 22.8 Å². The minimum absolute atomic E-state index is 0. The van der Waals surface area contributed by atoms with Gasteiger partial charge in [-0.25, -0.2) is 0 Å². The number of nitrogens with one attached hydrogen (secondary N) is 1. The largest absolute Gasteiger partial charge is 0.416 e. The van der Waals surface area contributed by atoms with E-state index in [1.54, 1.807) is 4.90 Å². The molecule has 0 spiro atoms. The van der Waals surface area contributed by atoms with Gasteiger partial charge in [-0.15, -0.1) is 12.4 Å². The molecule has 3 N–H and O–H groups in total. The summed E-state index contributed by atoms with van der Waals surface area (Å²) in [5.41, 5.74) is 4.97. The zero-order chi connectivity index (χ0) is 18.4. The average molecular weight is 392 g/mol. The predicted octanol–water partition coefficient (Wildman–Crippen LogP) is 2.89. The van der Waals surface area contributed by atoms with E-state index in [1.807, 2.05) is 0 Å². The van der Waals surface area contributed by atoms with Crippen molar-refractivity contribution in [2.45, 2.75) is 32.0 Å². The zero-order valence-electron chi connectivity index (χ0n) is 14.2. The third kappa shape index (κ3) is 4.12. The SMILES string of the molecule is CC(=O)Nc1cc(C(=O)N2CC3CCC(N)C3C2)cc(C(F)(F)F)c1.Cl. The summed E-state index contributed by atoms with van der Waals surface area (Å²) in [6.07, 6.45) is -2.74. The fourth-order valence-corrected chi connectivity index (χ4v) is 3.85. The molecular formula is C17H21ClF3N3O2. The van der Waals surface area contributed by atoms with Crippen LogP contribution < -0.4 is 11.1 Å². The molecule has 1 saturated heterocycles. The number of nitrogens with zero attached hydrogens (tertiary/aromatic N) is 1. The van der Waals surface area contributed by atoms with Gasteiger partial charge in [-0.1, -0.05) is 0 Å². The minimum Gasteiger partial charge on any atom is -0.338 e. The Morgan fingerprint density at radius 1 is 1.19 bits per heavy atom. The summed E-state index contributed by atoms with van der Waals surface area (Å²) < 4.78 is 39.3. The number of nitrogens with two attached hydrogens (primary N) is 1. The standard InChI is InChI=1S/C17H20F3N3O2.ClH/c1-9(24)22-13-5-11(4-12(6-13)17(18,19)20)16(25)23-7-10-2-3-15(21)14(10)8-23;/h4-6,10,14-15H,2-3,7-8,21H2,1H3,(H,22,24);1H. The van der Waals surface area contributed by atoms with Crippen molar-refractivity contribution in [3.8, 4) is 0 Å². The van der Waals surface area contributed by atoms with Crippen molar-refractivity contribution in [3.63, 3.8) is 0 Å². The van der Waals surface area contributed by atoms with Crippen LogP contribution in [0.5, 0.6) is 0 Å². The molecule has 9 heteroatoms. The summed E-state index contributed by atoms with van der Waals surface area (Å²) in [6, 6.07) is 2.99. The number of hydrogen-bond acceptors (Lipinski definition) is 3. The lowest BCUT2D eigenvalue weighted by atomic mass is 9.98. The lowest BCUT2D eigenvalue weighted by Gasteiger charge is -2.20. The highest BCUT2D eigenvalue weighted by molar-refractivity contribution is 5.97. The monoisotopic (exact) mass is 391 g/mol. The minimum atomic E-state index is -4.60. The van der Waals surface area contributed by atoms with Gasteiger partial charge in [0.25, 0.3) is 5.91 Å². The molecular weight excluding hydrogens is 371 g/mol. The van der Waals surface area contributed by atoms with Gasteiger partial charge in [0.2, 0.25) is 5.91 Å². The van der Waals surface area contributed by atoms with Crippen LogP contribution in [0.25, 0.3) is 0 Å². The van der Waals surface area contributed by atoms with Crippen LogP contribution in [0.3, 0.4) is 0 Å². The summed E-state index contributed by atoms with van der Waals surface area (Å²) in [7, 11) is 0. The maximum absolute atomic E-state index is 13.1. The van der Waals surface area contributed by atoms with Crippen LogP contribution in [0.1, 0.15) is 35.7 Å². The predicted molar refractivity (Wildman–Crippen MR) is 93.1 cm³/mol. The highest BCUT2D eigenvalue weighted by Gasteiger charge is 2.43. The molecule has 3 rings (SSSR count). The highest BCUT2D eigenvalue weighted by atomic mass is 35.5. The Kier molecular flexibility index (Phi) is 5.87. The maximum Gasteiger partial charge on any atom is 0.416 e. The summed E-state index contributed by atoms with van der Waals surface area (Å²) in [5.74, 6) is -0.428. The number of hydrogen-bond donors (Lipinski definition) is 2. The van der Waals surface area contributed by atoms with Crippen molar-refractivity contribution in [1.82, 2.24) is 4.90 Å². The first kappa shape index (κ1) is 20.5. The first-order chi connectivity index (χ1) is 11.6. The Morgan fingerprint density at radius 2 is 1.88 bits per heavy atom. The quantitative estimate of drug-likeness (QED) is 0.814. The van der Waals surface area contributed by atoms with E-state index in [0.29, 0.717) is 19.0 Å². The molecule has 0 aromatic heterocycles. The second-order valence-electron chi connectivity index (χ2n) is 6.85. The Bertz CT molecular complexity index is 711. The molecule has 144 valence electrons. The Morgan fingerprint density at radius 3 is 2.46 bits per heavy atom. The van der Waals surface area contributed by atoms with E-state index in [1.165, 1.54) is 13.0 Å². The normalized spacial score (nSPS) is 24.8. The third-order valence-corrected chi connectivity index (χ3v) is 5.03. The van der Waals surface area contributed by atoms with Crippen LogP contribution in [0.15, 0.2) is 18.2 Å². The van der Waals surface area contributed by atoms with E-state index in [4.69, 9.17) is 5.73 Å². The van der Waals surface area contributed by atoms with E-state index in [2.05, 4.69) is 5.32 Å². The van der Waals surface area contributed by atoms with Crippen molar-refractivity contribution in [2.24, 2.45) is 17.6 Å². The molecule has 1 aromatic carbocycles. The summed E-state index contributed by atoms with van der Waals surface area (Å²) in [6.45, 7) is 2.18. The van der Waals surface area contributed by atoms with Crippen LogP contribution in [-0.2, 0) is 11.0 Å². The first-order valence-electron chi connectivity index (χ1n) is 8.20. The molecule has 1 saturated carbocycles. The molecule has 0 radical (unpaired) electrons. The Hall–Kier alpha value is -1.80. The molecule has 2 amide bonds.